The molecule has 2 atom stereocenters. The van der Waals surface area contributed by atoms with Gasteiger partial charge in [0.15, 0.2) is 0 Å². The van der Waals surface area contributed by atoms with Crippen LogP contribution in [0, 0.1) is 0 Å². The zero-order valence-electron chi connectivity index (χ0n) is 19.7. The lowest BCUT2D eigenvalue weighted by atomic mass is 10.0. The van der Waals surface area contributed by atoms with Gasteiger partial charge in [-0.15, -0.1) is 0 Å². The first-order chi connectivity index (χ1) is 13.3. The lowest BCUT2D eigenvalue weighted by Crippen LogP contribution is -2.55. The molecule has 0 rings (SSSR count). The second-order valence-electron chi connectivity index (χ2n) is 9.29. The van der Waals surface area contributed by atoms with E-state index >= 15 is 0 Å². The van der Waals surface area contributed by atoms with Crippen molar-refractivity contribution in [2.75, 3.05) is 21.1 Å². The summed E-state index contributed by atoms with van der Waals surface area (Å²) in [7, 11) is 3.62. The van der Waals surface area contributed by atoms with Gasteiger partial charge in [0.05, 0.1) is 21.1 Å². The average molecular weight is 415 g/mol. The third kappa shape index (κ3) is 11.7. The van der Waals surface area contributed by atoms with E-state index < -0.39 is 13.3 Å². The standard InChI is InChI=1S/C24H49NO2P/c1-6-8-9-10-11-12-13-14-15-16-17-18-19-20-21-22-23-24(7-2,28(26)27)25(3,4)5/h12-13H,6-11,14-23H2,1-5H3/q+1. The Bertz CT molecular complexity index is 417. The van der Waals surface area contributed by atoms with Crippen LogP contribution >= 0.6 is 8.03 Å². The number of nitrogens with zero attached hydrogens (tertiary/aromatic N) is 1. The number of unbranched alkanes of at least 4 members (excludes halogenated alkanes) is 12. The second kappa shape index (κ2) is 16.5. The Morgan fingerprint density at radius 3 is 1.57 bits per heavy atom. The Kier molecular flexibility index (Phi) is 16.4. The highest BCUT2D eigenvalue weighted by atomic mass is 31.1. The molecule has 0 heterocycles. The third-order valence-electron chi connectivity index (χ3n) is 6.24. The predicted octanol–water partition coefficient (Wildman–Crippen LogP) is 7.33. The molecule has 0 bridgehead atoms. The highest BCUT2D eigenvalue weighted by Gasteiger charge is 2.52. The normalized spacial score (nSPS) is 15.1. The lowest BCUT2D eigenvalue weighted by molar-refractivity contribution is -0.910. The lowest BCUT2D eigenvalue weighted by Gasteiger charge is -2.39. The van der Waals surface area contributed by atoms with Crippen LogP contribution in [0.2, 0.25) is 0 Å². The molecule has 0 spiro atoms. The minimum absolute atomic E-state index is 0.509. The molecule has 0 aliphatic carbocycles. The molecular weight excluding hydrogens is 365 g/mol. The molecule has 0 amide bonds. The van der Waals surface area contributed by atoms with Crippen molar-refractivity contribution in [1.82, 2.24) is 0 Å². The molecule has 2 unspecified atom stereocenters. The Labute approximate surface area is 177 Å². The summed E-state index contributed by atoms with van der Waals surface area (Å²) in [5, 5.41) is -0.598. The maximum Gasteiger partial charge on any atom is 0.376 e. The summed E-state index contributed by atoms with van der Waals surface area (Å²) in [6.07, 6.45) is 24.2. The van der Waals surface area contributed by atoms with E-state index in [9.17, 15) is 9.46 Å². The first-order valence-corrected chi connectivity index (χ1v) is 13.1. The number of quaternary nitrogens is 1. The number of hydrogen-bond acceptors (Lipinski definition) is 2. The van der Waals surface area contributed by atoms with Crippen molar-refractivity contribution in [3.05, 3.63) is 12.2 Å². The molecule has 28 heavy (non-hydrogen) atoms. The molecule has 0 radical (unpaired) electrons. The molecule has 0 N–H and O–H groups in total. The van der Waals surface area contributed by atoms with E-state index in [1.165, 1.54) is 77.0 Å². The van der Waals surface area contributed by atoms with Crippen LogP contribution < -0.4 is 4.89 Å². The Morgan fingerprint density at radius 2 is 1.18 bits per heavy atom. The van der Waals surface area contributed by atoms with Crippen LogP contribution in [0.25, 0.3) is 0 Å². The molecule has 4 heteroatoms. The summed E-state index contributed by atoms with van der Waals surface area (Å²) in [5.41, 5.74) is 0. The molecule has 0 saturated carbocycles. The summed E-state index contributed by atoms with van der Waals surface area (Å²) >= 11 is 0. The molecule has 0 saturated heterocycles. The first-order valence-electron chi connectivity index (χ1n) is 11.9. The molecule has 0 aliphatic rings. The van der Waals surface area contributed by atoms with Crippen molar-refractivity contribution < 1.29 is 13.9 Å². The van der Waals surface area contributed by atoms with Crippen molar-refractivity contribution in [3.63, 3.8) is 0 Å². The molecule has 0 aromatic carbocycles. The maximum atomic E-state index is 11.9. The van der Waals surface area contributed by atoms with Gasteiger partial charge < -0.3 is 4.89 Å². The minimum Gasteiger partial charge on any atom is -0.590 e. The number of rotatable bonds is 19. The van der Waals surface area contributed by atoms with Crippen molar-refractivity contribution in [2.24, 2.45) is 0 Å². The van der Waals surface area contributed by atoms with E-state index in [1.807, 2.05) is 28.1 Å². The SMILES string of the molecule is CCCCCCC=CCCCCCCCCCCC(CC)([P+](=O)[O-])[N+](C)(C)C. The smallest absolute Gasteiger partial charge is 0.376 e. The largest absolute Gasteiger partial charge is 0.590 e. The van der Waals surface area contributed by atoms with E-state index in [4.69, 9.17) is 0 Å². The van der Waals surface area contributed by atoms with Crippen LogP contribution in [0.4, 0.5) is 0 Å². The van der Waals surface area contributed by atoms with E-state index in [1.54, 1.807) is 0 Å². The zero-order valence-corrected chi connectivity index (χ0v) is 20.6. The van der Waals surface area contributed by atoms with E-state index in [0.29, 0.717) is 10.9 Å². The van der Waals surface area contributed by atoms with Gasteiger partial charge in [0, 0.05) is 12.8 Å². The molecule has 0 aliphatic heterocycles. The number of allylic oxidation sites excluding steroid dienone is 2. The van der Waals surface area contributed by atoms with Gasteiger partial charge in [-0.1, -0.05) is 88.4 Å². The fraction of sp³-hybridized carbons (Fsp3) is 0.917. The van der Waals surface area contributed by atoms with Crippen LogP contribution in [-0.2, 0) is 4.57 Å². The summed E-state index contributed by atoms with van der Waals surface area (Å²) < 4.78 is 12.4. The van der Waals surface area contributed by atoms with Crippen LogP contribution in [0.1, 0.15) is 117 Å². The van der Waals surface area contributed by atoms with E-state index in [-0.39, 0.29) is 0 Å². The van der Waals surface area contributed by atoms with Gasteiger partial charge in [0.25, 0.3) is 5.28 Å². The van der Waals surface area contributed by atoms with E-state index in [0.717, 1.165) is 19.3 Å². The molecule has 3 nitrogen and oxygen atoms in total. The van der Waals surface area contributed by atoms with Gasteiger partial charge in [-0.25, -0.2) is 0 Å². The fourth-order valence-corrected chi connectivity index (χ4v) is 5.20. The van der Waals surface area contributed by atoms with Crippen LogP contribution in [-0.4, -0.2) is 30.9 Å². The van der Waals surface area contributed by atoms with Crippen molar-refractivity contribution in [1.29, 1.82) is 0 Å². The summed E-state index contributed by atoms with van der Waals surface area (Å²) in [4.78, 5) is 11.9. The second-order valence-corrected chi connectivity index (χ2v) is 10.6. The maximum absolute atomic E-state index is 11.9. The van der Waals surface area contributed by atoms with Gasteiger partial charge in [-0.2, -0.15) is 0 Å². The zero-order chi connectivity index (χ0) is 21.3. The Hall–Kier alpha value is -0.240. The Morgan fingerprint density at radius 1 is 0.750 bits per heavy atom. The van der Waals surface area contributed by atoms with Crippen LogP contribution in [0.15, 0.2) is 12.2 Å². The average Bonchev–Trinajstić information content (AvgIpc) is 2.63. The molecule has 0 aromatic heterocycles. The first kappa shape index (κ1) is 27.8. The monoisotopic (exact) mass is 414 g/mol. The summed E-state index contributed by atoms with van der Waals surface area (Å²) in [6, 6.07) is 0. The van der Waals surface area contributed by atoms with Gasteiger partial charge in [-0.3, -0.25) is 4.48 Å². The molecular formula is C24H49NO2P+. The Balaban J connectivity index is 3.64. The van der Waals surface area contributed by atoms with Gasteiger partial charge in [-0.05, 0) is 32.1 Å². The van der Waals surface area contributed by atoms with Crippen molar-refractivity contribution >= 4 is 8.03 Å². The minimum atomic E-state index is -2.41. The fourth-order valence-electron chi connectivity index (χ4n) is 4.11. The molecule has 0 aromatic rings. The topological polar surface area (TPSA) is 40.1 Å². The van der Waals surface area contributed by atoms with Crippen molar-refractivity contribution in [3.8, 4) is 0 Å². The van der Waals surface area contributed by atoms with Gasteiger partial charge in [0.1, 0.15) is 0 Å². The van der Waals surface area contributed by atoms with Crippen LogP contribution in [0.3, 0.4) is 0 Å². The molecule has 166 valence electrons. The van der Waals surface area contributed by atoms with E-state index in [2.05, 4.69) is 19.1 Å². The quantitative estimate of drug-likeness (QED) is 0.0960. The highest BCUT2D eigenvalue weighted by Crippen LogP contribution is 2.44. The van der Waals surface area contributed by atoms with Crippen molar-refractivity contribution in [2.45, 2.75) is 122 Å². The third-order valence-corrected chi connectivity index (χ3v) is 8.06. The predicted molar refractivity (Wildman–Crippen MR) is 123 cm³/mol. The summed E-state index contributed by atoms with van der Waals surface area (Å²) in [5.74, 6) is 0. The summed E-state index contributed by atoms with van der Waals surface area (Å²) in [6.45, 7) is 4.27. The number of hydrogen-bond donors (Lipinski definition) is 0. The molecule has 0 fully saturated rings. The van der Waals surface area contributed by atoms with Crippen LogP contribution in [0.5, 0.6) is 0 Å². The highest BCUT2D eigenvalue weighted by molar-refractivity contribution is 7.38. The van der Waals surface area contributed by atoms with Gasteiger partial charge in [0.2, 0.25) is 0 Å². The van der Waals surface area contributed by atoms with Gasteiger partial charge >= 0.3 is 8.03 Å².